The summed E-state index contributed by atoms with van der Waals surface area (Å²) in [5, 5.41) is 2.86. The molecule has 20 heavy (non-hydrogen) atoms. The number of hydrogen-bond donors (Lipinski definition) is 1. The topological polar surface area (TPSA) is 55.4 Å². The molecule has 3 unspecified atom stereocenters. The molecule has 0 bridgehead atoms. The number of rotatable bonds is 4. The van der Waals surface area contributed by atoms with Gasteiger partial charge in [0, 0.05) is 5.92 Å². The Morgan fingerprint density at radius 2 is 1.85 bits per heavy atom. The molecule has 2 aliphatic rings. The molecule has 0 saturated heterocycles. The Labute approximate surface area is 118 Å². The minimum absolute atomic E-state index is 0.000969. The number of carbonyl (C=O) groups is 2. The molecule has 0 aromatic heterocycles. The molecular weight excluding hydrogens is 254 g/mol. The number of fused-ring (bicyclic) bond motifs is 1. The van der Waals surface area contributed by atoms with Gasteiger partial charge in [0.05, 0.1) is 7.11 Å². The molecule has 106 valence electrons. The highest BCUT2D eigenvalue weighted by atomic mass is 16.5. The minimum Gasteiger partial charge on any atom is -0.467 e. The number of ether oxygens (including phenoxy) is 1. The standard InChI is InChI=1S/C16H19NO3/c1-20-16(19)14(10-6-3-2-4-7-10)17-15(18)13-11-8-5-9-12(11)13/h2-4,6-7,11-14H,5,8-9H2,1H3,(H,17,18). The van der Waals surface area contributed by atoms with E-state index in [0.717, 1.165) is 18.4 Å². The summed E-state index contributed by atoms with van der Waals surface area (Å²) in [4.78, 5) is 24.2. The lowest BCUT2D eigenvalue weighted by Crippen LogP contribution is -2.36. The largest absolute Gasteiger partial charge is 0.467 e. The molecule has 0 spiro atoms. The second kappa shape index (κ2) is 5.27. The number of benzene rings is 1. The van der Waals surface area contributed by atoms with Crippen molar-refractivity contribution in [2.75, 3.05) is 7.11 Å². The molecule has 2 aliphatic carbocycles. The molecule has 1 aromatic rings. The van der Waals surface area contributed by atoms with Crippen LogP contribution in [0.4, 0.5) is 0 Å². The molecule has 0 aliphatic heterocycles. The molecule has 4 heteroatoms. The van der Waals surface area contributed by atoms with Crippen LogP contribution in [0, 0.1) is 17.8 Å². The SMILES string of the molecule is COC(=O)C(NC(=O)C1C2CCCC21)c1ccccc1. The fourth-order valence-electron chi connectivity index (χ4n) is 3.49. The predicted octanol–water partition coefficient (Wildman–Crippen LogP) is 2.06. The molecule has 0 radical (unpaired) electrons. The minimum atomic E-state index is -0.699. The third-order valence-electron chi connectivity index (χ3n) is 4.57. The van der Waals surface area contributed by atoms with E-state index in [1.807, 2.05) is 30.3 Å². The van der Waals surface area contributed by atoms with Gasteiger partial charge in [0.2, 0.25) is 5.91 Å². The summed E-state index contributed by atoms with van der Waals surface area (Å²) >= 11 is 0. The van der Waals surface area contributed by atoms with E-state index < -0.39 is 12.0 Å². The van der Waals surface area contributed by atoms with Gasteiger partial charge in [-0.05, 0) is 30.2 Å². The Balaban J connectivity index is 1.71. The molecule has 2 saturated carbocycles. The van der Waals surface area contributed by atoms with Gasteiger partial charge in [-0.25, -0.2) is 4.79 Å². The summed E-state index contributed by atoms with van der Waals surface area (Å²) in [6, 6.07) is 8.54. The summed E-state index contributed by atoms with van der Waals surface area (Å²) in [6.45, 7) is 0. The lowest BCUT2D eigenvalue weighted by atomic mass is 10.1. The van der Waals surface area contributed by atoms with Gasteiger partial charge in [0.25, 0.3) is 0 Å². The number of methoxy groups -OCH3 is 1. The normalized spacial score (nSPS) is 28.4. The van der Waals surface area contributed by atoms with E-state index >= 15 is 0 Å². The van der Waals surface area contributed by atoms with E-state index in [1.54, 1.807) is 0 Å². The Hall–Kier alpha value is -1.84. The Morgan fingerprint density at radius 1 is 1.20 bits per heavy atom. The van der Waals surface area contributed by atoms with Crippen molar-refractivity contribution in [1.29, 1.82) is 0 Å². The lowest BCUT2D eigenvalue weighted by Gasteiger charge is -2.17. The number of hydrogen-bond acceptors (Lipinski definition) is 3. The highest BCUT2D eigenvalue weighted by Gasteiger charge is 2.56. The van der Waals surface area contributed by atoms with Crippen LogP contribution in [0.25, 0.3) is 0 Å². The van der Waals surface area contributed by atoms with Crippen LogP contribution < -0.4 is 5.32 Å². The van der Waals surface area contributed by atoms with Crippen molar-refractivity contribution in [3.63, 3.8) is 0 Å². The van der Waals surface area contributed by atoms with Gasteiger partial charge < -0.3 is 10.1 Å². The Morgan fingerprint density at radius 3 is 2.45 bits per heavy atom. The maximum atomic E-state index is 12.3. The van der Waals surface area contributed by atoms with Crippen LogP contribution >= 0.6 is 0 Å². The summed E-state index contributed by atoms with van der Waals surface area (Å²) in [6.07, 6.45) is 3.53. The van der Waals surface area contributed by atoms with Crippen LogP contribution in [-0.4, -0.2) is 19.0 Å². The first-order chi connectivity index (χ1) is 9.72. The zero-order valence-electron chi connectivity index (χ0n) is 11.5. The van der Waals surface area contributed by atoms with Gasteiger partial charge in [-0.3, -0.25) is 4.79 Å². The van der Waals surface area contributed by atoms with Gasteiger partial charge in [0.15, 0.2) is 6.04 Å². The Kier molecular flexibility index (Phi) is 3.47. The second-order valence-electron chi connectivity index (χ2n) is 5.66. The monoisotopic (exact) mass is 273 g/mol. The number of nitrogens with one attached hydrogen (secondary N) is 1. The van der Waals surface area contributed by atoms with Crippen molar-refractivity contribution < 1.29 is 14.3 Å². The van der Waals surface area contributed by atoms with Crippen LogP contribution in [0.15, 0.2) is 30.3 Å². The fourth-order valence-corrected chi connectivity index (χ4v) is 3.49. The summed E-state index contributed by atoms with van der Waals surface area (Å²) in [7, 11) is 1.34. The van der Waals surface area contributed by atoms with Crippen molar-refractivity contribution in [1.82, 2.24) is 5.32 Å². The van der Waals surface area contributed by atoms with Crippen LogP contribution in [-0.2, 0) is 14.3 Å². The molecule has 3 rings (SSSR count). The number of carbonyl (C=O) groups excluding carboxylic acids is 2. The van der Waals surface area contributed by atoms with E-state index in [-0.39, 0.29) is 11.8 Å². The van der Waals surface area contributed by atoms with Crippen molar-refractivity contribution in [2.45, 2.75) is 25.3 Å². The number of esters is 1. The van der Waals surface area contributed by atoms with Crippen LogP contribution in [0.3, 0.4) is 0 Å². The van der Waals surface area contributed by atoms with Crippen molar-refractivity contribution in [2.24, 2.45) is 17.8 Å². The first-order valence-electron chi connectivity index (χ1n) is 7.15. The number of amides is 1. The average Bonchev–Trinajstić information content (AvgIpc) is 2.98. The quantitative estimate of drug-likeness (QED) is 0.854. The van der Waals surface area contributed by atoms with Crippen molar-refractivity contribution >= 4 is 11.9 Å². The van der Waals surface area contributed by atoms with Crippen LogP contribution in [0.5, 0.6) is 0 Å². The fraction of sp³-hybridized carbons (Fsp3) is 0.500. The maximum Gasteiger partial charge on any atom is 0.333 e. The van der Waals surface area contributed by atoms with E-state index in [4.69, 9.17) is 4.74 Å². The average molecular weight is 273 g/mol. The molecular formula is C16H19NO3. The van der Waals surface area contributed by atoms with Crippen molar-refractivity contribution in [3.8, 4) is 0 Å². The molecule has 4 nitrogen and oxygen atoms in total. The van der Waals surface area contributed by atoms with Crippen molar-refractivity contribution in [3.05, 3.63) is 35.9 Å². The van der Waals surface area contributed by atoms with Crippen LogP contribution in [0.1, 0.15) is 30.9 Å². The maximum absolute atomic E-state index is 12.3. The molecule has 1 N–H and O–H groups in total. The molecule has 1 aromatic carbocycles. The lowest BCUT2D eigenvalue weighted by molar-refractivity contribution is -0.145. The third-order valence-corrected chi connectivity index (χ3v) is 4.57. The summed E-state index contributed by atoms with van der Waals surface area (Å²) < 4.78 is 4.81. The van der Waals surface area contributed by atoms with Gasteiger partial charge in [0.1, 0.15) is 0 Å². The zero-order chi connectivity index (χ0) is 14.1. The highest BCUT2D eigenvalue weighted by Crippen LogP contribution is 2.57. The zero-order valence-corrected chi connectivity index (χ0v) is 11.5. The van der Waals surface area contributed by atoms with E-state index in [0.29, 0.717) is 11.8 Å². The summed E-state index contributed by atoms with van der Waals surface area (Å²) in [5.41, 5.74) is 0.763. The first kappa shape index (κ1) is 13.2. The summed E-state index contributed by atoms with van der Waals surface area (Å²) in [5.74, 6) is 0.780. The third kappa shape index (κ3) is 2.30. The van der Waals surface area contributed by atoms with Crippen LogP contribution in [0.2, 0.25) is 0 Å². The van der Waals surface area contributed by atoms with Gasteiger partial charge in [-0.2, -0.15) is 0 Å². The van der Waals surface area contributed by atoms with E-state index in [9.17, 15) is 9.59 Å². The van der Waals surface area contributed by atoms with Gasteiger partial charge >= 0.3 is 5.97 Å². The van der Waals surface area contributed by atoms with E-state index in [2.05, 4.69) is 5.32 Å². The first-order valence-corrected chi connectivity index (χ1v) is 7.15. The van der Waals surface area contributed by atoms with Gasteiger partial charge in [-0.15, -0.1) is 0 Å². The van der Waals surface area contributed by atoms with Gasteiger partial charge in [-0.1, -0.05) is 36.8 Å². The second-order valence-corrected chi connectivity index (χ2v) is 5.66. The highest BCUT2D eigenvalue weighted by molar-refractivity contribution is 5.88. The molecule has 3 atom stereocenters. The Bertz CT molecular complexity index is 504. The predicted molar refractivity (Wildman–Crippen MR) is 73.7 cm³/mol. The van der Waals surface area contributed by atoms with E-state index in [1.165, 1.54) is 13.5 Å². The molecule has 0 heterocycles. The smallest absolute Gasteiger partial charge is 0.333 e. The molecule has 1 amide bonds. The molecule has 2 fully saturated rings.